The van der Waals surface area contributed by atoms with Gasteiger partial charge in [-0.3, -0.25) is 0 Å². The summed E-state index contributed by atoms with van der Waals surface area (Å²) >= 11 is 8.38. The fourth-order valence-electron chi connectivity index (χ4n) is 1.59. The summed E-state index contributed by atoms with van der Waals surface area (Å²) in [4.78, 5) is 0.739. The first-order valence-electron chi connectivity index (χ1n) is 4.84. The van der Waals surface area contributed by atoms with Gasteiger partial charge in [0, 0.05) is 10.4 Å². The molecule has 1 unspecified atom stereocenters. The zero-order valence-corrected chi connectivity index (χ0v) is 12.8. The Kier molecular flexibility index (Phi) is 4.00. The van der Waals surface area contributed by atoms with Crippen molar-refractivity contribution in [3.8, 4) is 0 Å². The lowest BCUT2D eigenvalue weighted by Crippen LogP contribution is -1.98. The largest absolute Gasteiger partial charge is 0.204 e. The highest BCUT2D eigenvalue weighted by Gasteiger charge is 2.20. The van der Waals surface area contributed by atoms with Crippen molar-refractivity contribution < 1.29 is 8.78 Å². The van der Waals surface area contributed by atoms with Gasteiger partial charge in [-0.2, -0.15) is 0 Å². The van der Waals surface area contributed by atoms with Crippen LogP contribution in [-0.4, -0.2) is 0 Å². The van der Waals surface area contributed by atoms with Crippen molar-refractivity contribution in [2.75, 3.05) is 0 Å². The summed E-state index contributed by atoms with van der Waals surface area (Å²) in [5, 5.41) is 0. The number of hydrogen-bond acceptors (Lipinski definition) is 1. The Morgan fingerprint density at radius 3 is 2.53 bits per heavy atom. The molecule has 0 fully saturated rings. The maximum Gasteiger partial charge on any atom is 0.163 e. The molecule has 0 N–H and O–H groups in total. The van der Waals surface area contributed by atoms with Gasteiger partial charge in [0.05, 0.1) is 8.61 Å². The minimum absolute atomic E-state index is 0.318. The Bertz CT molecular complexity index is 551. The number of aryl methyl sites for hydroxylation is 1. The first-order valence-corrected chi connectivity index (χ1v) is 7.37. The van der Waals surface area contributed by atoms with E-state index in [4.69, 9.17) is 0 Å². The van der Waals surface area contributed by atoms with Gasteiger partial charge in [0.2, 0.25) is 0 Å². The van der Waals surface area contributed by atoms with E-state index in [9.17, 15) is 8.78 Å². The molecule has 1 aromatic carbocycles. The maximum absolute atomic E-state index is 13.7. The number of halogens is 4. The van der Waals surface area contributed by atoms with Gasteiger partial charge in [-0.05, 0) is 40.5 Å². The highest BCUT2D eigenvalue weighted by Crippen LogP contribution is 2.39. The van der Waals surface area contributed by atoms with Crippen LogP contribution in [0.2, 0.25) is 0 Å². The third kappa shape index (κ3) is 2.61. The molecular formula is C12H8Br2F2S. The van der Waals surface area contributed by atoms with Crippen molar-refractivity contribution >= 4 is 43.2 Å². The van der Waals surface area contributed by atoms with E-state index in [1.807, 2.05) is 13.0 Å². The van der Waals surface area contributed by atoms with Crippen LogP contribution >= 0.6 is 43.2 Å². The van der Waals surface area contributed by atoms with E-state index in [1.54, 1.807) is 17.4 Å². The topological polar surface area (TPSA) is 0 Å². The minimum Gasteiger partial charge on any atom is -0.204 e. The molecule has 1 heterocycles. The van der Waals surface area contributed by atoms with Gasteiger partial charge in [-0.15, -0.1) is 11.3 Å². The normalized spacial score (nSPS) is 12.8. The van der Waals surface area contributed by atoms with Crippen molar-refractivity contribution in [2.24, 2.45) is 0 Å². The summed E-state index contributed by atoms with van der Waals surface area (Å²) in [5.74, 6) is -1.62. The molecule has 0 amide bonds. The van der Waals surface area contributed by atoms with Gasteiger partial charge in [-0.25, -0.2) is 8.78 Å². The molecule has 17 heavy (non-hydrogen) atoms. The quantitative estimate of drug-likeness (QED) is 0.595. The summed E-state index contributed by atoms with van der Waals surface area (Å²) in [7, 11) is 0. The molecule has 2 rings (SSSR count). The second-order valence-corrected chi connectivity index (χ2v) is 7.12. The average molecular weight is 382 g/mol. The highest BCUT2D eigenvalue weighted by molar-refractivity contribution is 9.11. The third-order valence-corrected chi connectivity index (χ3v) is 5.01. The van der Waals surface area contributed by atoms with E-state index >= 15 is 0 Å². The Labute approximate surface area is 119 Å². The zero-order valence-electron chi connectivity index (χ0n) is 8.81. The predicted molar refractivity (Wildman–Crippen MR) is 73.9 cm³/mol. The SMILES string of the molecule is Cc1sc(Br)cc1C(Br)c1cccc(F)c1F. The number of benzene rings is 1. The summed E-state index contributed by atoms with van der Waals surface area (Å²) in [6.07, 6.45) is 0. The molecule has 1 aromatic heterocycles. The number of hydrogen-bond donors (Lipinski definition) is 0. The Hall–Kier alpha value is -0.260. The summed E-state index contributed by atoms with van der Waals surface area (Å²) in [6.45, 7) is 1.95. The number of thiophene rings is 1. The first-order chi connectivity index (χ1) is 8.00. The molecule has 1 atom stereocenters. The van der Waals surface area contributed by atoms with Crippen molar-refractivity contribution in [3.63, 3.8) is 0 Å². The monoisotopic (exact) mass is 380 g/mol. The van der Waals surface area contributed by atoms with Crippen LogP contribution < -0.4 is 0 Å². The number of alkyl halides is 1. The lowest BCUT2D eigenvalue weighted by atomic mass is 10.1. The van der Waals surface area contributed by atoms with Gasteiger partial charge in [0.15, 0.2) is 11.6 Å². The molecular weight excluding hydrogens is 374 g/mol. The fraction of sp³-hybridized carbons (Fsp3) is 0.167. The van der Waals surface area contributed by atoms with Gasteiger partial charge in [0.25, 0.3) is 0 Å². The lowest BCUT2D eigenvalue weighted by Gasteiger charge is -2.11. The van der Waals surface area contributed by atoms with Crippen LogP contribution in [0.1, 0.15) is 20.8 Å². The fourth-order valence-corrected chi connectivity index (χ4v) is 4.32. The predicted octanol–water partition coefficient (Wildman–Crippen LogP) is 5.58. The Morgan fingerprint density at radius 2 is 1.94 bits per heavy atom. The van der Waals surface area contributed by atoms with Crippen LogP contribution in [0, 0.1) is 18.6 Å². The molecule has 5 heteroatoms. The summed E-state index contributed by atoms with van der Waals surface area (Å²) in [5.41, 5.74) is 1.27. The van der Waals surface area contributed by atoms with Crippen LogP contribution in [0.4, 0.5) is 8.78 Å². The molecule has 0 bridgehead atoms. The first kappa shape index (κ1) is 13.2. The van der Waals surface area contributed by atoms with Gasteiger partial charge < -0.3 is 0 Å². The van der Waals surface area contributed by atoms with E-state index in [0.29, 0.717) is 5.56 Å². The minimum atomic E-state index is -0.820. The van der Waals surface area contributed by atoms with E-state index < -0.39 is 11.6 Å². The van der Waals surface area contributed by atoms with Gasteiger partial charge in [0.1, 0.15) is 0 Å². The van der Waals surface area contributed by atoms with E-state index in [0.717, 1.165) is 20.3 Å². The van der Waals surface area contributed by atoms with Crippen LogP contribution in [0.3, 0.4) is 0 Å². The summed E-state index contributed by atoms with van der Waals surface area (Å²) in [6, 6.07) is 6.14. The molecule has 0 aliphatic carbocycles. The van der Waals surface area contributed by atoms with Crippen molar-refractivity contribution in [1.29, 1.82) is 0 Å². The third-order valence-electron chi connectivity index (χ3n) is 2.45. The highest BCUT2D eigenvalue weighted by atomic mass is 79.9. The molecule has 0 aliphatic rings. The van der Waals surface area contributed by atoms with Crippen LogP contribution in [0.15, 0.2) is 28.1 Å². The second-order valence-electron chi connectivity index (χ2n) is 3.57. The van der Waals surface area contributed by atoms with Crippen LogP contribution in [0.5, 0.6) is 0 Å². The van der Waals surface area contributed by atoms with E-state index in [-0.39, 0.29) is 4.83 Å². The zero-order chi connectivity index (χ0) is 12.6. The van der Waals surface area contributed by atoms with Crippen LogP contribution in [0.25, 0.3) is 0 Å². The smallest absolute Gasteiger partial charge is 0.163 e. The lowest BCUT2D eigenvalue weighted by molar-refractivity contribution is 0.500. The molecule has 0 saturated heterocycles. The average Bonchev–Trinajstić information content (AvgIpc) is 2.61. The molecule has 0 radical (unpaired) electrons. The Balaban J connectivity index is 2.47. The standard InChI is InChI=1S/C12H8Br2F2S/c1-6-8(5-10(13)17-6)11(14)7-3-2-4-9(15)12(7)16/h2-5,11H,1H3. The van der Waals surface area contributed by atoms with Crippen molar-refractivity contribution in [1.82, 2.24) is 0 Å². The van der Waals surface area contributed by atoms with Crippen molar-refractivity contribution in [3.05, 3.63) is 55.7 Å². The number of rotatable bonds is 2. The molecule has 0 aliphatic heterocycles. The molecule has 90 valence electrons. The Morgan fingerprint density at radius 1 is 1.24 bits per heavy atom. The van der Waals surface area contributed by atoms with Gasteiger partial charge >= 0.3 is 0 Å². The van der Waals surface area contributed by atoms with Crippen molar-refractivity contribution in [2.45, 2.75) is 11.8 Å². The molecule has 0 spiro atoms. The second kappa shape index (κ2) is 5.16. The van der Waals surface area contributed by atoms with E-state index in [1.165, 1.54) is 6.07 Å². The molecule has 0 saturated carbocycles. The molecule has 2 aromatic rings. The maximum atomic E-state index is 13.7. The van der Waals surface area contributed by atoms with Gasteiger partial charge in [-0.1, -0.05) is 28.1 Å². The molecule has 0 nitrogen and oxygen atoms in total. The summed E-state index contributed by atoms with van der Waals surface area (Å²) < 4.78 is 27.8. The van der Waals surface area contributed by atoms with E-state index in [2.05, 4.69) is 31.9 Å². The van der Waals surface area contributed by atoms with Crippen LogP contribution in [-0.2, 0) is 0 Å².